The molecule has 0 aromatic heterocycles. The summed E-state index contributed by atoms with van der Waals surface area (Å²) in [6.45, 7) is 15.7. The maximum absolute atomic E-state index is 4.13. The quantitative estimate of drug-likeness (QED) is 0.494. The molecule has 2 aliphatic rings. The highest BCUT2D eigenvalue weighted by molar-refractivity contribution is 5.56. The molecule has 0 bridgehead atoms. The third-order valence-electron chi connectivity index (χ3n) is 7.67. The van der Waals surface area contributed by atoms with Crippen LogP contribution in [0.3, 0.4) is 0 Å². The van der Waals surface area contributed by atoms with Gasteiger partial charge in [-0.25, -0.2) is 0 Å². The fraction of sp³-hybridized carbons (Fsp3) is 0.481. The molecule has 2 atom stereocenters. The number of para-hydroxylation sites is 1. The lowest BCUT2D eigenvalue weighted by atomic mass is 9.59. The van der Waals surface area contributed by atoms with Crippen molar-refractivity contribution in [3.63, 3.8) is 0 Å². The number of nitrogens with zero attached hydrogens (tertiary/aromatic N) is 1. The third kappa shape index (κ3) is 3.52. The van der Waals surface area contributed by atoms with Gasteiger partial charge >= 0.3 is 0 Å². The molecule has 3 rings (SSSR count). The predicted molar refractivity (Wildman–Crippen MR) is 124 cm³/mol. The molecule has 0 aliphatic heterocycles. The van der Waals surface area contributed by atoms with Crippen molar-refractivity contribution in [3.8, 4) is 0 Å². The molecule has 1 saturated carbocycles. The standard InChI is InChI=1S/C27H37N/c1-8-11-23-19-27(6)24(18-21(23)4)15-17-26(27,5)16-14-22-12-9-10-13-25(22)28(7)20(2)3/h8-13,18H,2,14-17,19H2,1,3-7H3/b11-8-. The van der Waals surface area contributed by atoms with E-state index in [4.69, 9.17) is 0 Å². The maximum atomic E-state index is 4.13. The summed E-state index contributed by atoms with van der Waals surface area (Å²) >= 11 is 0. The molecule has 1 nitrogen and oxygen atoms in total. The van der Waals surface area contributed by atoms with Crippen LogP contribution in [0.5, 0.6) is 0 Å². The van der Waals surface area contributed by atoms with Crippen molar-refractivity contribution in [1.29, 1.82) is 0 Å². The Morgan fingerprint density at radius 2 is 1.96 bits per heavy atom. The molecule has 0 radical (unpaired) electrons. The number of anilines is 1. The highest BCUT2D eigenvalue weighted by atomic mass is 15.1. The van der Waals surface area contributed by atoms with E-state index in [1.807, 2.05) is 0 Å². The summed E-state index contributed by atoms with van der Waals surface area (Å²) < 4.78 is 0. The fourth-order valence-corrected chi connectivity index (χ4v) is 5.24. The molecule has 1 fully saturated rings. The summed E-state index contributed by atoms with van der Waals surface area (Å²) in [5.74, 6) is 0. The summed E-state index contributed by atoms with van der Waals surface area (Å²) in [4.78, 5) is 2.22. The van der Waals surface area contributed by atoms with Crippen molar-refractivity contribution in [2.75, 3.05) is 11.9 Å². The van der Waals surface area contributed by atoms with Gasteiger partial charge in [-0.05, 0) is 86.5 Å². The molecule has 0 spiro atoms. The summed E-state index contributed by atoms with van der Waals surface area (Å²) in [5.41, 5.74) is 9.08. The SMILES string of the molecule is C=C(C)N(C)c1ccccc1CCC1(C)CCC2=CC(C)=C(/C=C\C)CC21C. The smallest absolute Gasteiger partial charge is 0.0437 e. The van der Waals surface area contributed by atoms with Crippen molar-refractivity contribution in [1.82, 2.24) is 0 Å². The van der Waals surface area contributed by atoms with E-state index < -0.39 is 0 Å². The highest BCUT2D eigenvalue weighted by Gasteiger charge is 2.51. The van der Waals surface area contributed by atoms with Gasteiger partial charge in [-0.1, -0.05) is 62.4 Å². The van der Waals surface area contributed by atoms with Crippen LogP contribution < -0.4 is 4.90 Å². The van der Waals surface area contributed by atoms with Gasteiger partial charge in [0.05, 0.1) is 0 Å². The van der Waals surface area contributed by atoms with Crippen molar-refractivity contribution in [3.05, 3.63) is 77.1 Å². The van der Waals surface area contributed by atoms with Crippen LogP contribution in [0.25, 0.3) is 0 Å². The van der Waals surface area contributed by atoms with Gasteiger partial charge in [0.1, 0.15) is 0 Å². The zero-order valence-electron chi connectivity index (χ0n) is 18.7. The first-order chi connectivity index (χ1) is 13.2. The molecule has 0 amide bonds. The van der Waals surface area contributed by atoms with Crippen LogP contribution in [0.1, 0.15) is 65.9 Å². The summed E-state index contributed by atoms with van der Waals surface area (Å²) in [7, 11) is 2.12. The number of fused-ring (bicyclic) bond motifs is 1. The second-order valence-corrected chi connectivity index (χ2v) is 9.37. The number of hydrogen-bond acceptors (Lipinski definition) is 1. The minimum atomic E-state index is 0.274. The number of aryl methyl sites for hydroxylation is 1. The summed E-state index contributed by atoms with van der Waals surface area (Å²) in [5, 5.41) is 0. The average Bonchev–Trinajstić information content (AvgIpc) is 2.91. The van der Waals surface area contributed by atoms with Crippen molar-refractivity contribution in [2.45, 2.75) is 66.7 Å². The molecule has 1 aromatic rings. The zero-order valence-corrected chi connectivity index (χ0v) is 18.7. The zero-order chi connectivity index (χ0) is 20.5. The number of hydrogen-bond donors (Lipinski definition) is 0. The Morgan fingerprint density at radius 3 is 2.64 bits per heavy atom. The van der Waals surface area contributed by atoms with Gasteiger partial charge in [-0.15, -0.1) is 0 Å². The van der Waals surface area contributed by atoms with E-state index in [1.165, 1.54) is 48.1 Å². The maximum Gasteiger partial charge on any atom is 0.0437 e. The van der Waals surface area contributed by atoms with E-state index in [9.17, 15) is 0 Å². The van der Waals surface area contributed by atoms with E-state index in [0.29, 0.717) is 5.41 Å². The molecule has 150 valence electrons. The Bertz CT molecular complexity index is 853. The van der Waals surface area contributed by atoms with Crippen LogP contribution in [0, 0.1) is 10.8 Å². The third-order valence-corrected chi connectivity index (χ3v) is 7.67. The second kappa shape index (κ2) is 7.78. The topological polar surface area (TPSA) is 3.24 Å². The lowest BCUT2D eigenvalue weighted by molar-refractivity contribution is 0.126. The molecule has 2 aliphatic carbocycles. The molecule has 0 saturated heterocycles. The summed E-state index contributed by atoms with van der Waals surface area (Å²) in [6, 6.07) is 8.83. The molecule has 1 heteroatoms. The minimum Gasteiger partial charge on any atom is -0.349 e. The predicted octanol–water partition coefficient (Wildman–Crippen LogP) is 7.62. The van der Waals surface area contributed by atoms with E-state index in [0.717, 1.165) is 12.1 Å². The molecule has 1 aromatic carbocycles. The summed E-state index contributed by atoms with van der Waals surface area (Å²) in [6.07, 6.45) is 13.1. The Balaban J connectivity index is 1.85. The Morgan fingerprint density at radius 1 is 1.25 bits per heavy atom. The van der Waals surface area contributed by atoms with Gasteiger partial charge in [-0.2, -0.15) is 0 Å². The molecule has 0 N–H and O–H groups in total. The first kappa shape index (κ1) is 20.7. The van der Waals surface area contributed by atoms with Gasteiger partial charge in [0.25, 0.3) is 0 Å². The molecular formula is C27H37N. The second-order valence-electron chi connectivity index (χ2n) is 9.37. The van der Waals surface area contributed by atoms with E-state index in [1.54, 1.807) is 5.57 Å². The lowest BCUT2D eigenvalue weighted by Crippen LogP contribution is -2.36. The molecule has 28 heavy (non-hydrogen) atoms. The lowest BCUT2D eigenvalue weighted by Gasteiger charge is -2.45. The van der Waals surface area contributed by atoms with Crippen LogP contribution in [0.4, 0.5) is 5.69 Å². The molecule has 2 unspecified atom stereocenters. The van der Waals surface area contributed by atoms with Crippen LogP contribution >= 0.6 is 0 Å². The van der Waals surface area contributed by atoms with Gasteiger partial charge < -0.3 is 4.90 Å². The van der Waals surface area contributed by atoms with Gasteiger partial charge in [0, 0.05) is 18.4 Å². The fourth-order valence-electron chi connectivity index (χ4n) is 5.24. The Kier molecular flexibility index (Phi) is 5.75. The highest BCUT2D eigenvalue weighted by Crippen LogP contribution is 2.62. The van der Waals surface area contributed by atoms with Crippen LogP contribution in [0.2, 0.25) is 0 Å². The van der Waals surface area contributed by atoms with Crippen LogP contribution in [-0.4, -0.2) is 7.05 Å². The number of benzene rings is 1. The van der Waals surface area contributed by atoms with E-state index in [2.05, 4.69) is 95.6 Å². The largest absolute Gasteiger partial charge is 0.349 e. The van der Waals surface area contributed by atoms with Gasteiger partial charge in [0.2, 0.25) is 0 Å². The average molecular weight is 376 g/mol. The van der Waals surface area contributed by atoms with Crippen molar-refractivity contribution >= 4 is 5.69 Å². The monoisotopic (exact) mass is 375 g/mol. The number of rotatable bonds is 6. The minimum absolute atomic E-state index is 0.274. The Labute approximate surface area is 172 Å². The first-order valence-corrected chi connectivity index (χ1v) is 10.7. The normalized spacial score (nSPS) is 27.1. The molecule has 0 heterocycles. The van der Waals surface area contributed by atoms with Gasteiger partial charge in [-0.3, -0.25) is 0 Å². The van der Waals surface area contributed by atoms with Crippen molar-refractivity contribution in [2.24, 2.45) is 10.8 Å². The van der Waals surface area contributed by atoms with Crippen LogP contribution in [0.15, 0.2) is 71.5 Å². The molecular weight excluding hydrogens is 338 g/mol. The van der Waals surface area contributed by atoms with E-state index >= 15 is 0 Å². The van der Waals surface area contributed by atoms with Crippen molar-refractivity contribution < 1.29 is 0 Å². The number of allylic oxidation sites excluding steroid dienone is 7. The van der Waals surface area contributed by atoms with Gasteiger partial charge in [0.15, 0.2) is 0 Å². The van der Waals surface area contributed by atoms with E-state index in [-0.39, 0.29) is 5.41 Å². The van der Waals surface area contributed by atoms with Crippen LogP contribution in [-0.2, 0) is 6.42 Å². The Hall–Kier alpha value is -2.02. The first-order valence-electron chi connectivity index (χ1n) is 10.7.